The number of nitrogens with zero attached hydrogens (tertiary/aromatic N) is 1. The lowest BCUT2D eigenvalue weighted by Crippen LogP contribution is -2.40. The molecule has 1 saturated heterocycles. The molecule has 1 heterocycles. The SMILES string of the molecule is COc1ccc(C(=O)N2CC(CO)C(NC(C)=O)C2)c(C)c1. The lowest BCUT2D eigenvalue weighted by atomic mass is 10.1. The number of methoxy groups -OCH3 is 1. The van der Waals surface area contributed by atoms with E-state index in [-0.39, 0.29) is 30.4 Å². The van der Waals surface area contributed by atoms with Crippen LogP contribution in [0.15, 0.2) is 18.2 Å². The Hall–Kier alpha value is -2.08. The van der Waals surface area contributed by atoms with Crippen LogP contribution in [0.3, 0.4) is 0 Å². The minimum atomic E-state index is -0.204. The van der Waals surface area contributed by atoms with Gasteiger partial charge < -0.3 is 20.1 Å². The Morgan fingerprint density at radius 2 is 2.14 bits per heavy atom. The summed E-state index contributed by atoms with van der Waals surface area (Å²) in [5.41, 5.74) is 1.45. The zero-order valence-electron chi connectivity index (χ0n) is 13.1. The second-order valence-electron chi connectivity index (χ2n) is 5.64. The largest absolute Gasteiger partial charge is 0.497 e. The maximum absolute atomic E-state index is 12.7. The van der Waals surface area contributed by atoms with Gasteiger partial charge in [0, 0.05) is 38.1 Å². The van der Waals surface area contributed by atoms with Crippen molar-refractivity contribution in [2.45, 2.75) is 19.9 Å². The number of carbonyl (C=O) groups is 2. The Bertz CT molecular complexity index is 573. The van der Waals surface area contributed by atoms with Gasteiger partial charge in [-0.2, -0.15) is 0 Å². The van der Waals surface area contributed by atoms with Crippen LogP contribution in [0.1, 0.15) is 22.8 Å². The monoisotopic (exact) mass is 306 g/mol. The minimum absolute atomic E-state index is 0.0592. The Labute approximate surface area is 130 Å². The van der Waals surface area contributed by atoms with E-state index in [0.717, 1.165) is 5.56 Å². The number of carbonyl (C=O) groups excluding carboxylic acids is 2. The highest BCUT2D eigenvalue weighted by Crippen LogP contribution is 2.23. The van der Waals surface area contributed by atoms with E-state index in [1.807, 2.05) is 13.0 Å². The van der Waals surface area contributed by atoms with E-state index < -0.39 is 0 Å². The predicted octanol–water partition coefficient (Wildman–Crippen LogP) is 0.573. The molecule has 22 heavy (non-hydrogen) atoms. The van der Waals surface area contributed by atoms with E-state index in [2.05, 4.69) is 5.32 Å². The summed E-state index contributed by atoms with van der Waals surface area (Å²) < 4.78 is 5.15. The van der Waals surface area contributed by atoms with Crippen LogP contribution in [-0.2, 0) is 4.79 Å². The van der Waals surface area contributed by atoms with E-state index in [1.54, 1.807) is 24.1 Å². The normalized spacial score (nSPS) is 20.8. The lowest BCUT2D eigenvalue weighted by molar-refractivity contribution is -0.119. The molecule has 120 valence electrons. The van der Waals surface area contributed by atoms with Gasteiger partial charge in [0.25, 0.3) is 5.91 Å². The quantitative estimate of drug-likeness (QED) is 0.852. The van der Waals surface area contributed by atoms with Crippen molar-refractivity contribution in [3.8, 4) is 5.75 Å². The molecule has 0 spiro atoms. The summed E-state index contributed by atoms with van der Waals surface area (Å²) in [6, 6.07) is 5.12. The minimum Gasteiger partial charge on any atom is -0.497 e. The Kier molecular flexibility index (Phi) is 5.03. The molecule has 1 aromatic carbocycles. The van der Waals surface area contributed by atoms with Crippen molar-refractivity contribution in [2.75, 3.05) is 26.8 Å². The molecule has 2 N–H and O–H groups in total. The molecular weight excluding hydrogens is 284 g/mol. The van der Waals surface area contributed by atoms with Crippen LogP contribution < -0.4 is 10.1 Å². The number of nitrogens with one attached hydrogen (secondary N) is 1. The summed E-state index contributed by atoms with van der Waals surface area (Å²) in [6.45, 7) is 4.09. The summed E-state index contributed by atoms with van der Waals surface area (Å²) in [5, 5.41) is 12.2. The fourth-order valence-electron chi connectivity index (χ4n) is 2.82. The summed E-state index contributed by atoms with van der Waals surface area (Å²) in [5.74, 6) is 0.330. The molecule has 0 bridgehead atoms. The maximum Gasteiger partial charge on any atom is 0.254 e. The van der Waals surface area contributed by atoms with Crippen molar-refractivity contribution >= 4 is 11.8 Å². The van der Waals surface area contributed by atoms with Crippen molar-refractivity contribution in [1.29, 1.82) is 0 Å². The van der Waals surface area contributed by atoms with Gasteiger partial charge >= 0.3 is 0 Å². The molecule has 1 aliphatic heterocycles. The molecule has 2 amide bonds. The van der Waals surface area contributed by atoms with Gasteiger partial charge in [0.05, 0.1) is 13.2 Å². The number of amides is 2. The zero-order chi connectivity index (χ0) is 16.3. The fraction of sp³-hybridized carbons (Fsp3) is 0.500. The Balaban J connectivity index is 2.15. The van der Waals surface area contributed by atoms with Crippen molar-refractivity contribution < 1.29 is 19.4 Å². The van der Waals surface area contributed by atoms with Crippen molar-refractivity contribution in [1.82, 2.24) is 10.2 Å². The van der Waals surface area contributed by atoms with Crippen LogP contribution in [0.4, 0.5) is 0 Å². The number of hydrogen-bond donors (Lipinski definition) is 2. The lowest BCUT2D eigenvalue weighted by Gasteiger charge is -2.18. The molecule has 2 rings (SSSR count). The third-order valence-corrected chi connectivity index (χ3v) is 4.02. The van der Waals surface area contributed by atoms with Gasteiger partial charge in [0.2, 0.25) is 5.91 Å². The number of hydrogen-bond acceptors (Lipinski definition) is 4. The molecule has 0 aromatic heterocycles. The third kappa shape index (κ3) is 3.39. The second kappa shape index (κ2) is 6.79. The standard InChI is InChI=1S/C16H22N2O4/c1-10-6-13(22-3)4-5-14(10)16(21)18-7-12(9-19)15(8-18)17-11(2)20/h4-6,12,15,19H,7-9H2,1-3H3,(H,17,20). The van der Waals surface area contributed by atoms with Crippen molar-refractivity contribution in [2.24, 2.45) is 5.92 Å². The number of aryl methyl sites for hydroxylation is 1. The van der Waals surface area contributed by atoms with Crippen LogP contribution in [0.25, 0.3) is 0 Å². The third-order valence-electron chi connectivity index (χ3n) is 4.02. The summed E-state index contributed by atoms with van der Waals surface area (Å²) in [6.07, 6.45) is 0. The highest BCUT2D eigenvalue weighted by molar-refractivity contribution is 5.96. The van der Waals surface area contributed by atoms with Gasteiger partial charge in [0.1, 0.15) is 5.75 Å². The van der Waals surface area contributed by atoms with Crippen LogP contribution in [0.2, 0.25) is 0 Å². The van der Waals surface area contributed by atoms with Gasteiger partial charge in [-0.15, -0.1) is 0 Å². The van der Waals surface area contributed by atoms with E-state index >= 15 is 0 Å². The number of rotatable bonds is 4. The van der Waals surface area contributed by atoms with E-state index in [9.17, 15) is 14.7 Å². The highest BCUT2D eigenvalue weighted by atomic mass is 16.5. The topological polar surface area (TPSA) is 78.9 Å². The number of ether oxygens (including phenoxy) is 1. The maximum atomic E-state index is 12.7. The van der Waals surface area contributed by atoms with Gasteiger partial charge in [0.15, 0.2) is 0 Å². The van der Waals surface area contributed by atoms with Gasteiger partial charge in [-0.05, 0) is 30.7 Å². The molecular formula is C16H22N2O4. The second-order valence-corrected chi connectivity index (χ2v) is 5.64. The Morgan fingerprint density at radius 1 is 1.41 bits per heavy atom. The van der Waals surface area contributed by atoms with Crippen LogP contribution in [0.5, 0.6) is 5.75 Å². The average molecular weight is 306 g/mol. The van der Waals surface area contributed by atoms with E-state index in [0.29, 0.717) is 24.4 Å². The zero-order valence-corrected chi connectivity index (χ0v) is 13.1. The molecule has 2 unspecified atom stereocenters. The average Bonchev–Trinajstić information content (AvgIpc) is 2.88. The number of likely N-dealkylation sites (tertiary alicyclic amines) is 1. The number of aliphatic hydroxyl groups is 1. The molecule has 2 atom stereocenters. The molecule has 1 aliphatic rings. The van der Waals surface area contributed by atoms with E-state index in [1.165, 1.54) is 6.92 Å². The predicted molar refractivity (Wildman–Crippen MR) is 81.8 cm³/mol. The fourth-order valence-corrected chi connectivity index (χ4v) is 2.82. The first-order valence-corrected chi connectivity index (χ1v) is 7.28. The Morgan fingerprint density at radius 3 is 2.68 bits per heavy atom. The van der Waals surface area contributed by atoms with E-state index in [4.69, 9.17) is 4.74 Å². The molecule has 0 saturated carbocycles. The van der Waals surface area contributed by atoms with Gasteiger partial charge in [-0.25, -0.2) is 0 Å². The molecule has 0 aliphatic carbocycles. The van der Waals surface area contributed by atoms with Crippen molar-refractivity contribution in [3.05, 3.63) is 29.3 Å². The first kappa shape index (κ1) is 16.3. The van der Waals surface area contributed by atoms with Gasteiger partial charge in [-0.3, -0.25) is 9.59 Å². The molecule has 0 radical (unpaired) electrons. The smallest absolute Gasteiger partial charge is 0.254 e. The van der Waals surface area contributed by atoms with Crippen LogP contribution in [0, 0.1) is 12.8 Å². The number of aliphatic hydroxyl groups excluding tert-OH is 1. The van der Waals surface area contributed by atoms with Crippen LogP contribution in [-0.4, -0.2) is 54.7 Å². The number of benzene rings is 1. The van der Waals surface area contributed by atoms with Gasteiger partial charge in [-0.1, -0.05) is 0 Å². The molecule has 1 aromatic rings. The molecule has 1 fully saturated rings. The molecule has 6 heteroatoms. The summed E-state index contributed by atoms with van der Waals surface area (Å²) in [4.78, 5) is 25.6. The van der Waals surface area contributed by atoms with Crippen molar-refractivity contribution in [3.63, 3.8) is 0 Å². The highest BCUT2D eigenvalue weighted by Gasteiger charge is 2.35. The summed E-state index contributed by atoms with van der Waals surface area (Å²) in [7, 11) is 1.58. The first-order chi connectivity index (χ1) is 10.5. The molecule has 6 nitrogen and oxygen atoms in total. The first-order valence-electron chi connectivity index (χ1n) is 7.28. The van der Waals surface area contributed by atoms with Crippen LogP contribution >= 0.6 is 0 Å². The summed E-state index contributed by atoms with van der Waals surface area (Å²) >= 11 is 0.